The van der Waals surface area contributed by atoms with Crippen LogP contribution >= 0.6 is 0 Å². The Kier molecular flexibility index (Phi) is 3.84. The van der Waals surface area contributed by atoms with Gasteiger partial charge in [-0.2, -0.15) is 0 Å². The summed E-state index contributed by atoms with van der Waals surface area (Å²) < 4.78 is 0. The standard InChI is InChI=1S/C12H19N5O2/c1-3-15-4-5-16(8-9(15)2)12-7-10(17(18)19)6-11(13)14-12/h6-7,9H,3-5,8H2,1-2H3,(H2,13,14). The summed E-state index contributed by atoms with van der Waals surface area (Å²) >= 11 is 0. The van der Waals surface area contributed by atoms with Crippen molar-refractivity contribution in [3.05, 3.63) is 22.2 Å². The minimum Gasteiger partial charge on any atom is -0.383 e. The Bertz CT molecular complexity index is 479. The van der Waals surface area contributed by atoms with E-state index >= 15 is 0 Å². The number of nitrogens with zero attached hydrogens (tertiary/aromatic N) is 4. The van der Waals surface area contributed by atoms with Crippen LogP contribution in [-0.2, 0) is 0 Å². The fraction of sp³-hybridized carbons (Fsp3) is 0.583. The summed E-state index contributed by atoms with van der Waals surface area (Å²) in [5.74, 6) is 0.782. The molecule has 7 heteroatoms. The van der Waals surface area contributed by atoms with Gasteiger partial charge in [0.1, 0.15) is 11.6 Å². The monoisotopic (exact) mass is 265 g/mol. The first kappa shape index (κ1) is 13.5. The van der Waals surface area contributed by atoms with Crippen molar-refractivity contribution >= 4 is 17.3 Å². The van der Waals surface area contributed by atoms with Crippen molar-refractivity contribution < 1.29 is 4.92 Å². The van der Waals surface area contributed by atoms with E-state index in [9.17, 15) is 10.1 Å². The molecule has 1 aromatic heterocycles. The molecule has 104 valence electrons. The highest BCUT2D eigenvalue weighted by Gasteiger charge is 2.24. The first-order chi connectivity index (χ1) is 9.01. The Morgan fingerprint density at radius 3 is 2.84 bits per heavy atom. The molecule has 1 aliphatic rings. The molecule has 2 heterocycles. The fourth-order valence-corrected chi connectivity index (χ4v) is 2.46. The second-order valence-electron chi connectivity index (χ2n) is 4.79. The summed E-state index contributed by atoms with van der Waals surface area (Å²) in [6, 6.07) is 3.18. The Morgan fingerprint density at radius 1 is 1.53 bits per heavy atom. The van der Waals surface area contributed by atoms with Crippen molar-refractivity contribution in [2.45, 2.75) is 19.9 Å². The van der Waals surface area contributed by atoms with Crippen LogP contribution in [0.5, 0.6) is 0 Å². The van der Waals surface area contributed by atoms with Gasteiger partial charge < -0.3 is 10.6 Å². The predicted octanol–water partition coefficient (Wildman–Crippen LogP) is 1.10. The van der Waals surface area contributed by atoms with Gasteiger partial charge in [0.2, 0.25) is 0 Å². The second-order valence-corrected chi connectivity index (χ2v) is 4.79. The number of anilines is 2. The van der Waals surface area contributed by atoms with Crippen molar-refractivity contribution in [2.24, 2.45) is 0 Å². The summed E-state index contributed by atoms with van der Waals surface area (Å²) in [4.78, 5) is 19.0. The van der Waals surface area contributed by atoms with Gasteiger partial charge in [-0.25, -0.2) is 4.98 Å². The van der Waals surface area contributed by atoms with Gasteiger partial charge in [-0.3, -0.25) is 15.0 Å². The highest BCUT2D eigenvalue weighted by molar-refractivity contribution is 5.54. The minimum atomic E-state index is -0.437. The second kappa shape index (κ2) is 5.40. The van der Waals surface area contributed by atoms with Gasteiger partial charge in [0, 0.05) is 25.7 Å². The van der Waals surface area contributed by atoms with Gasteiger partial charge in [0.15, 0.2) is 0 Å². The van der Waals surface area contributed by atoms with E-state index < -0.39 is 4.92 Å². The van der Waals surface area contributed by atoms with Crippen LogP contribution in [-0.4, -0.2) is 47.0 Å². The topological polar surface area (TPSA) is 88.5 Å². The Balaban J connectivity index is 2.21. The van der Waals surface area contributed by atoms with Gasteiger partial charge in [0.05, 0.1) is 17.1 Å². The number of rotatable bonds is 3. The molecule has 0 aliphatic carbocycles. The number of pyridine rings is 1. The molecule has 1 aromatic rings. The number of nitrogen functional groups attached to an aromatic ring is 1. The quantitative estimate of drug-likeness (QED) is 0.650. The van der Waals surface area contributed by atoms with E-state index in [1.54, 1.807) is 0 Å². The van der Waals surface area contributed by atoms with Crippen LogP contribution in [0.3, 0.4) is 0 Å². The van der Waals surface area contributed by atoms with E-state index in [0.29, 0.717) is 11.9 Å². The summed E-state index contributed by atoms with van der Waals surface area (Å²) in [6.07, 6.45) is 0. The lowest BCUT2D eigenvalue weighted by atomic mass is 10.2. The zero-order valence-corrected chi connectivity index (χ0v) is 11.2. The Morgan fingerprint density at radius 2 is 2.26 bits per heavy atom. The largest absolute Gasteiger partial charge is 0.383 e. The third kappa shape index (κ3) is 2.93. The molecule has 1 fully saturated rings. The molecular formula is C12H19N5O2. The molecular weight excluding hydrogens is 246 g/mol. The van der Waals surface area contributed by atoms with Gasteiger partial charge >= 0.3 is 0 Å². The summed E-state index contributed by atoms with van der Waals surface area (Å²) in [5.41, 5.74) is 5.63. The van der Waals surface area contributed by atoms with Gasteiger partial charge in [-0.05, 0) is 13.5 Å². The third-order valence-corrected chi connectivity index (χ3v) is 3.52. The first-order valence-corrected chi connectivity index (χ1v) is 6.42. The fourth-order valence-electron chi connectivity index (χ4n) is 2.46. The molecule has 7 nitrogen and oxygen atoms in total. The van der Waals surface area contributed by atoms with Gasteiger partial charge in [0.25, 0.3) is 5.69 Å². The van der Waals surface area contributed by atoms with Crippen LogP contribution in [0.15, 0.2) is 12.1 Å². The molecule has 0 aromatic carbocycles. The van der Waals surface area contributed by atoms with Crippen molar-refractivity contribution in [1.82, 2.24) is 9.88 Å². The Hall–Kier alpha value is -1.89. The maximum absolute atomic E-state index is 10.8. The molecule has 1 unspecified atom stereocenters. The molecule has 0 spiro atoms. The lowest BCUT2D eigenvalue weighted by molar-refractivity contribution is -0.384. The number of nitro groups is 1. The average Bonchev–Trinajstić information content (AvgIpc) is 2.37. The predicted molar refractivity (Wildman–Crippen MR) is 74.2 cm³/mol. The molecule has 0 saturated carbocycles. The van der Waals surface area contributed by atoms with E-state index in [-0.39, 0.29) is 11.5 Å². The third-order valence-electron chi connectivity index (χ3n) is 3.52. The van der Waals surface area contributed by atoms with Gasteiger partial charge in [-0.15, -0.1) is 0 Å². The zero-order chi connectivity index (χ0) is 14.0. The van der Waals surface area contributed by atoms with E-state index in [1.807, 2.05) is 0 Å². The number of hydrogen-bond donors (Lipinski definition) is 1. The first-order valence-electron chi connectivity index (χ1n) is 6.42. The lowest BCUT2D eigenvalue weighted by Gasteiger charge is -2.39. The molecule has 0 amide bonds. The summed E-state index contributed by atoms with van der Waals surface area (Å²) in [6.45, 7) is 7.85. The van der Waals surface area contributed by atoms with Crippen LogP contribution < -0.4 is 10.6 Å². The van der Waals surface area contributed by atoms with Crippen LogP contribution in [0, 0.1) is 10.1 Å². The minimum absolute atomic E-state index is 0.00641. The SMILES string of the molecule is CCN1CCN(c2cc([N+](=O)[O-])cc(N)n2)CC1C. The highest BCUT2D eigenvalue weighted by atomic mass is 16.6. The normalized spacial score (nSPS) is 20.5. The van der Waals surface area contributed by atoms with Crippen LogP contribution in [0.4, 0.5) is 17.3 Å². The molecule has 1 aliphatic heterocycles. The van der Waals surface area contributed by atoms with Gasteiger partial charge in [-0.1, -0.05) is 6.92 Å². The molecule has 1 saturated heterocycles. The molecule has 1 atom stereocenters. The van der Waals surface area contributed by atoms with E-state index in [1.165, 1.54) is 12.1 Å². The van der Waals surface area contributed by atoms with E-state index in [0.717, 1.165) is 26.2 Å². The van der Waals surface area contributed by atoms with Crippen molar-refractivity contribution in [2.75, 3.05) is 36.8 Å². The van der Waals surface area contributed by atoms with Crippen LogP contribution in [0.25, 0.3) is 0 Å². The number of piperazine rings is 1. The number of hydrogen-bond acceptors (Lipinski definition) is 6. The summed E-state index contributed by atoms with van der Waals surface area (Å²) in [7, 11) is 0. The van der Waals surface area contributed by atoms with E-state index in [2.05, 4.69) is 28.6 Å². The Labute approximate surface area is 112 Å². The van der Waals surface area contributed by atoms with Crippen LogP contribution in [0.1, 0.15) is 13.8 Å². The number of nitrogens with two attached hydrogens (primary N) is 1. The van der Waals surface area contributed by atoms with Crippen molar-refractivity contribution in [3.8, 4) is 0 Å². The molecule has 2 rings (SSSR count). The zero-order valence-electron chi connectivity index (χ0n) is 11.2. The maximum Gasteiger partial charge on any atom is 0.276 e. The van der Waals surface area contributed by atoms with Crippen molar-refractivity contribution in [3.63, 3.8) is 0 Å². The maximum atomic E-state index is 10.8. The van der Waals surface area contributed by atoms with Crippen molar-refractivity contribution in [1.29, 1.82) is 0 Å². The number of aromatic nitrogens is 1. The van der Waals surface area contributed by atoms with Crippen LogP contribution in [0.2, 0.25) is 0 Å². The number of likely N-dealkylation sites (N-methyl/N-ethyl adjacent to an activating group) is 1. The summed E-state index contributed by atoms with van der Waals surface area (Å²) in [5, 5.41) is 10.8. The lowest BCUT2D eigenvalue weighted by Crippen LogP contribution is -2.52. The smallest absolute Gasteiger partial charge is 0.276 e. The average molecular weight is 265 g/mol. The molecule has 2 N–H and O–H groups in total. The molecule has 0 bridgehead atoms. The molecule has 19 heavy (non-hydrogen) atoms. The molecule has 0 radical (unpaired) electrons. The van der Waals surface area contributed by atoms with E-state index in [4.69, 9.17) is 5.73 Å². The highest BCUT2D eigenvalue weighted by Crippen LogP contribution is 2.23.